The van der Waals surface area contributed by atoms with Gasteiger partial charge in [-0.3, -0.25) is 4.79 Å². The molecule has 114 valence electrons. The third-order valence-electron chi connectivity index (χ3n) is 3.36. The molecule has 0 radical (unpaired) electrons. The lowest BCUT2D eigenvalue weighted by atomic mass is 10.1. The van der Waals surface area contributed by atoms with Crippen molar-refractivity contribution in [2.24, 2.45) is 0 Å². The van der Waals surface area contributed by atoms with Crippen molar-refractivity contribution in [3.8, 4) is 0 Å². The SMILES string of the molecule is CC(=O)NC1CCN(C(=O)Nc2ccc(F)cc2F)CC1. The molecule has 0 atom stereocenters. The molecular weight excluding hydrogens is 280 g/mol. The monoisotopic (exact) mass is 297 g/mol. The van der Waals surface area contributed by atoms with Crippen LogP contribution in [0.1, 0.15) is 19.8 Å². The Morgan fingerprint density at radius 2 is 1.90 bits per heavy atom. The van der Waals surface area contributed by atoms with Crippen LogP contribution in [-0.2, 0) is 4.79 Å². The van der Waals surface area contributed by atoms with Gasteiger partial charge in [0.1, 0.15) is 11.6 Å². The van der Waals surface area contributed by atoms with Gasteiger partial charge in [-0.2, -0.15) is 0 Å². The number of likely N-dealkylation sites (tertiary alicyclic amines) is 1. The van der Waals surface area contributed by atoms with Crippen molar-refractivity contribution < 1.29 is 18.4 Å². The molecule has 0 saturated carbocycles. The van der Waals surface area contributed by atoms with Crippen LogP contribution in [0.5, 0.6) is 0 Å². The maximum Gasteiger partial charge on any atom is 0.321 e. The smallest absolute Gasteiger partial charge is 0.321 e. The van der Waals surface area contributed by atoms with Crippen molar-refractivity contribution in [1.82, 2.24) is 10.2 Å². The van der Waals surface area contributed by atoms with E-state index in [4.69, 9.17) is 0 Å². The van der Waals surface area contributed by atoms with Gasteiger partial charge in [0.25, 0.3) is 0 Å². The van der Waals surface area contributed by atoms with E-state index in [0.717, 1.165) is 12.1 Å². The summed E-state index contributed by atoms with van der Waals surface area (Å²) >= 11 is 0. The highest BCUT2D eigenvalue weighted by molar-refractivity contribution is 5.89. The van der Waals surface area contributed by atoms with Crippen LogP contribution in [-0.4, -0.2) is 36.0 Å². The van der Waals surface area contributed by atoms with Crippen molar-refractivity contribution in [3.05, 3.63) is 29.8 Å². The number of rotatable bonds is 2. The standard InChI is InChI=1S/C14H17F2N3O2/c1-9(20)17-11-4-6-19(7-5-11)14(21)18-13-3-2-10(15)8-12(13)16/h2-3,8,11H,4-7H2,1H3,(H,17,20)(H,18,21). The van der Waals surface area contributed by atoms with E-state index in [1.165, 1.54) is 13.0 Å². The summed E-state index contributed by atoms with van der Waals surface area (Å²) in [6.07, 6.45) is 1.30. The highest BCUT2D eigenvalue weighted by Crippen LogP contribution is 2.17. The molecule has 0 aliphatic carbocycles. The fourth-order valence-electron chi connectivity index (χ4n) is 2.30. The molecule has 0 spiro atoms. The van der Waals surface area contributed by atoms with Crippen LogP contribution >= 0.6 is 0 Å². The number of halogens is 2. The quantitative estimate of drug-likeness (QED) is 0.878. The molecule has 2 rings (SSSR count). The molecule has 1 heterocycles. The molecule has 3 amide bonds. The number of anilines is 1. The molecule has 1 aliphatic heterocycles. The number of carbonyl (C=O) groups excluding carboxylic acids is 2. The number of amides is 3. The van der Waals surface area contributed by atoms with E-state index in [1.54, 1.807) is 4.90 Å². The number of carbonyl (C=O) groups is 2. The Bertz CT molecular complexity index is 543. The Hall–Kier alpha value is -2.18. The summed E-state index contributed by atoms with van der Waals surface area (Å²) in [5, 5.41) is 5.23. The Kier molecular flexibility index (Phi) is 4.72. The van der Waals surface area contributed by atoms with Crippen LogP contribution in [0.4, 0.5) is 19.3 Å². The zero-order chi connectivity index (χ0) is 15.4. The molecular formula is C14H17F2N3O2. The first-order valence-corrected chi connectivity index (χ1v) is 6.74. The average Bonchev–Trinajstić information content (AvgIpc) is 2.42. The van der Waals surface area contributed by atoms with Crippen molar-refractivity contribution >= 4 is 17.6 Å². The van der Waals surface area contributed by atoms with E-state index in [0.29, 0.717) is 25.9 Å². The lowest BCUT2D eigenvalue weighted by molar-refractivity contribution is -0.119. The first kappa shape index (κ1) is 15.2. The van der Waals surface area contributed by atoms with Gasteiger partial charge in [-0.1, -0.05) is 0 Å². The number of nitrogens with one attached hydrogen (secondary N) is 2. The molecule has 1 saturated heterocycles. The summed E-state index contributed by atoms with van der Waals surface area (Å²) in [6, 6.07) is 2.63. The zero-order valence-corrected chi connectivity index (χ0v) is 11.7. The highest BCUT2D eigenvalue weighted by atomic mass is 19.1. The van der Waals surface area contributed by atoms with E-state index in [2.05, 4.69) is 10.6 Å². The van der Waals surface area contributed by atoms with Crippen LogP contribution in [0.15, 0.2) is 18.2 Å². The molecule has 0 bridgehead atoms. The summed E-state index contributed by atoms with van der Waals surface area (Å²) < 4.78 is 26.3. The number of nitrogens with zero attached hydrogens (tertiary/aromatic N) is 1. The molecule has 21 heavy (non-hydrogen) atoms. The summed E-state index contributed by atoms with van der Waals surface area (Å²) in [5.74, 6) is -1.59. The minimum Gasteiger partial charge on any atom is -0.353 e. The Morgan fingerprint density at radius 1 is 1.24 bits per heavy atom. The number of hydrogen-bond acceptors (Lipinski definition) is 2. The van der Waals surface area contributed by atoms with Gasteiger partial charge in [0.15, 0.2) is 0 Å². The maximum atomic E-state index is 13.5. The number of piperidine rings is 1. The molecule has 1 aromatic rings. The third-order valence-corrected chi connectivity index (χ3v) is 3.36. The largest absolute Gasteiger partial charge is 0.353 e. The molecule has 1 fully saturated rings. The van der Waals surface area contributed by atoms with Gasteiger partial charge in [0, 0.05) is 32.1 Å². The van der Waals surface area contributed by atoms with E-state index in [-0.39, 0.29) is 17.6 Å². The summed E-state index contributed by atoms with van der Waals surface area (Å²) in [5.41, 5.74) is -0.0506. The molecule has 2 N–H and O–H groups in total. The molecule has 0 aromatic heterocycles. The van der Waals surface area contributed by atoms with Crippen LogP contribution in [0.2, 0.25) is 0 Å². The predicted octanol–water partition coefficient (Wildman–Crippen LogP) is 2.10. The van der Waals surface area contributed by atoms with E-state index >= 15 is 0 Å². The van der Waals surface area contributed by atoms with Gasteiger partial charge in [0.05, 0.1) is 5.69 Å². The van der Waals surface area contributed by atoms with Crippen LogP contribution < -0.4 is 10.6 Å². The van der Waals surface area contributed by atoms with Crippen molar-refractivity contribution in [2.75, 3.05) is 18.4 Å². The second kappa shape index (κ2) is 6.51. The first-order valence-electron chi connectivity index (χ1n) is 6.74. The number of benzene rings is 1. The minimum absolute atomic E-state index is 0.0506. The molecule has 1 aliphatic rings. The van der Waals surface area contributed by atoms with Crippen LogP contribution in [0.3, 0.4) is 0 Å². The molecule has 5 nitrogen and oxygen atoms in total. The first-order chi connectivity index (χ1) is 9.95. The highest BCUT2D eigenvalue weighted by Gasteiger charge is 2.23. The number of urea groups is 1. The Labute approximate surface area is 121 Å². The maximum absolute atomic E-state index is 13.5. The Balaban J connectivity index is 1.89. The topological polar surface area (TPSA) is 61.4 Å². The van der Waals surface area contributed by atoms with Gasteiger partial charge in [-0.05, 0) is 25.0 Å². The van der Waals surface area contributed by atoms with Crippen LogP contribution in [0, 0.1) is 11.6 Å². The fraction of sp³-hybridized carbons (Fsp3) is 0.429. The van der Waals surface area contributed by atoms with Crippen LogP contribution in [0.25, 0.3) is 0 Å². The molecule has 7 heteroatoms. The normalized spacial score (nSPS) is 15.7. The summed E-state index contributed by atoms with van der Waals surface area (Å²) in [4.78, 5) is 24.5. The summed E-state index contributed by atoms with van der Waals surface area (Å²) in [7, 11) is 0. The lowest BCUT2D eigenvalue weighted by Crippen LogP contribution is -2.47. The van der Waals surface area contributed by atoms with Gasteiger partial charge in [-0.25, -0.2) is 13.6 Å². The third kappa shape index (κ3) is 4.14. The van der Waals surface area contributed by atoms with Gasteiger partial charge in [0.2, 0.25) is 5.91 Å². The fourth-order valence-corrected chi connectivity index (χ4v) is 2.30. The average molecular weight is 297 g/mol. The summed E-state index contributed by atoms with van der Waals surface area (Å²) in [6.45, 7) is 2.40. The number of hydrogen-bond donors (Lipinski definition) is 2. The second-order valence-electron chi connectivity index (χ2n) is 5.02. The van der Waals surface area contributed by atoms with E-state index in [9.17, 15) is 18.4 Å². The Morgan fingerprint density at radius 3 is 2.48 bits per heavy atom. The lowest BCUT2D eigenvalue weighted by Gasteiger charge is -2.32. The van der Waals surface area contributed by atoms with Crippen molar-refractivity contribution in [3.63, 3.8) is 0 Å². The van der Waals surface area contributed by atoms with Crippen molar-refractivity contribution in [2.45, 2.75) is 25.8 Å². The molecule has 1 aromatic carbocycles. The second-order valence-corrected chi connectivity index (χ2v) is 5.02. The van der Waals surface area contributed by atoms with Gasteiger partial charge in [-0.15, -0.1) is 0 Å². The van der Waals surface area contributed by atoms with E-state index < -0.39 is 17.7 Å². The zero-order valence-electron chi connectivity index (χ0n) is 11.7. The van der Waals surface area contributed by atoms with E-state index in [1.807, 2.05) is 0 Å². The van der Waals surface area contributed by atoms with Gasteiger partial charge >= 0.3 is 6.03 Å². The molecule has 0 unspecified atom stereocenters. The minimum atomic E-state index is -0.809. The predicted molar refractivity (Wildman–Crippen MR) is 73.8 cm³/mol. The van der Waals surface area contributed by atoms with Gasteiger partial charge < -0.3 is 15.5 Å². The van der Waals surface area contributed by atoms with Crippen molar-refractivity contribution in [1.29, 1.82) is 0 Å².